The molecule has 3 nitrogen and oxygen atoms in total. The van der Waals surface area contributed by atoms with E-state index in [2.05, 4.69) is 0 Å². The van der Waals surface area contributed by atoms with Gasteiger partial charge in [-0.05, 0) is 6.92 Å². The van der Waals surface area contributed by atoms with E-state index in [0.29, 0.717) is 0 Å². The molecule has 5 heteroatoms. The summed E-state index contributed by atoms with van der Waals surface area (Å²) in [7, 11) is -3.04. The maximum atomic E-state index is 14.0. The molecule has 3 rings (SSSR count). The highest BCUT2D eigenvalue weighted by atomic mass is 35.5. The van der Waals surface area contributed by atoms with E-state index in [9.17, 15) is 9.36 Å². The monoisotopic (exact) mass is 333 g/mol. The fourth-order valence-electron chi connectivity index (χ4n) is 3.05. The van der Waals surface area contributed by atoms with Gasteiger partial charge in [-0.15, -0.1) is 0 Å². The summed E-state index contributed by atoms with van der Waals surface area (Å²) in [4.78, 5) is 12.5. The number of alkyl halides is 1. The Balaban J connectivity index is 2.19. The second-order valence-corrected chi connectivity index (χ2v) is 9.22. The third-order valence-corrected chi connectivity index (χ3v) is 8.18. The summed E-state index contributed by atoms with van der Waals surface area (Å²) in [5.74, 6) is -0.668. The van der Waals surface area contributed by atoms with Crippen molar-refractivity contribution in [1.29, 1.82) is 0 Å². The highest BCUT2D eigenvalue weighted by Crippen LogP contribution is 2.66. The number of amides is 1. The molecule has 1 fully saturated rings. The van der Waals surface area contributed by atoms with Crippen molar-refractivity contribution in [2.45, 2.75) is 24.6 Å². The molecule has 0 saturated carbocycles. The molecule has 0 aromatic heterocycles. The van der Waals surface area contributed by atoms with Crippen LogP contribution in [0.4, 0.5) is 0 Å². The summed E-state index contributed by atoms with van der Waals surface area (Å²) >= 11 is 6.49. The molecule has 1 aliphatic heterocycles. The Morgan fingerprint density at radius 1 is 1.05 bits per heavy atom. The molecule has 2 aromatic rings. The van der Waals surface area contributed by atoms with E-state index in [4.69, 9.17) is 11.6 Å². The van der Waals surface area contributed by atoms with E-state index < -0.39 is 17.9 Å². The van der Waals surface area contributed by atoms with E-state index in [-0.39, 0.29) is 5.91 Å². The Bertz CT molecular complexity index is 702. The number of carbonyl (C=O) groups excluding carboxylic acids is 1. The summed E-state index contributed by atoms with van der Waals surface area (Å²) in [5.41, 5.74) is 0. The van der Waals surface area contributed by atoms with Crippen LogP contribution in [-0.4, -0.2) is 21.6 Å². The van der Waals surface area contributed by atoms with Gasteiger partial charge in [0.25, 0.3) is 0 Å². The van der Waals surface area contributed by atoms with Crippen LogP contribution < -0.4 is 10.6 Å². The molecular weight excluding hydrogens is 317 g/mol. The van der Waals surface area contributed by atoms with Crippen molar-refractivity contribution in [1.82, 2.24) is 4.90 Å². The third-order valence-electron chi connectivity index (χ3n) is 4.08. The smallest absolute Gasteiger partial charge is 0.221 e. The van der Waals surface area contributed by atoms with Gasteiger partial charge in [-0.1, -0.05) is 72.3 Å². The Morgan fingerprint density at radius 3 is 1.77 bits per heavy atom. The highest BCUT2D eigenvalue weighted by molar-refractivity contribution is 7.79. The third kappa shape index (κ3) is 2.20. The number of hydrogen-bond acceptors (Lipinski definition) is 2. The van der Waals surface area contributed by atoms with Crippen molar-refractivity contribution >= 4 is 35.3 Å². The summed E-state index contributed by atoms with van der Waals surface area (Å²) in [6, 6.07) is 18.6. The van der Waals surface area contributed by atoms with E-state index >= 15 is 0 Å². The summed E-state index contributed by atoms with van der Waals surface area (Å²) in [5, 5.41) is 1.45. The Labute approximate surface area is 135 Å². The lowest BCUT2D eigenvalue weighted by atomic mass is 10.4. The predicted molar refractivity (Wildman–Crippen MR) is 90.3 cm³/mol. The Kier molecular flexibility index (Phi) is 3.66. The van der Waals surface area contributed by atoms with Gasteiger partial charge >= 0.3 is 0 Å². The quantitative estimate of drug-likeness (QED) is 0.374. The molecule has 0 unspecified atom stereocenters. The summed E-state index contributed by atoms with van der Waals surface area (Å²) < 4.78 is 14.0. The van der Waals surface area contributed by atoms with Gasteiger partial charge in [0.05, 0.1) is 0 Å². The average molecular weight is 334 g/mol. The van der Waals surface area contributed by atoms with Crippen LogP contribution in [-0.2, 0) is 9.36 Å². The first-order chi connectivity index (χ1) is 10.4. The number of rotatable bonds is 3. The molecule has 1 amide bonds. The van der Waals surface area contributed by atoms with Crippen LogP contribution in [0.5, 0.6) is 0 Å². The maximum Gasteiger partial charge on any atom is 0.221 e. The van der Waals surface area contributed by atoms with Crippen molar-refractivity contribution < 1.29 is 9.36 Å². The highest BCUT2D eigenvalue weighted by Gasteiger charge is 2.68. The van der Waals surface area contributed by atoms with Crippen LogP contribution in [0.25, 0.3) is 0 Å². The standard InChI is InChI=1S/C17H17ClNO2P/c1-13(20)19-16(17(19,2)18)22(21,14-9-5-3-6-10-14)15-11-7-4-8-12-15/h3-12,16H,1-2H3/t16-,17+,19?/m0/s1. The van der Waals surface area contributed by atoms with E-state index in [1.54, 1.807) is 6.92 Å². The molecule has 1 heterocycles. The fraction of sp³-hybridized carbons (Fsp3) is 0.235. The average Bonchev–Trinajstić information content (AvgIpc) is 3.12. The number of hydrogen-bond donors (Lipinski definition) is 0. The second-order valence-electron chi connectivity index (χ2n) is 5.62. The normalized spacial score (nSPS) is 24.1. The van der Waals surface area contributed by atoms with Gasteiger partial charge in [-0.2, -0.15) is 0 Å². The molecule has 0 bridgehead atoms. The number of halogens is 1. The van der Waals surface area contributed by atoms with Crippen LogP contribution in [0.3, 0.4) is 0 Å². The first kappa shape index (κ1) is 15.3. The molecule has 0 aliphatic carbocycles. The Hall–Kier alpha value is -1.57. The van der Waals surface area contributed by atoms with Gasteiger partial charge in [-0.25, -0.2) is 0 Å². The van der Waals surface area contributed by atoms with Gasteiger partial charge in [0.2, 0.25) is 5.91 Å². The lowest BCUT2D eigenvalue weighted by molar-refractivity contribution is -0.124. The minimum atomic E-state index is -3.04. The zero-order chi connectivity index (χ0) is 16.0. The van der Waals surface area contributed by atoms with Crippen LogP contribution >= 0.6 is 18.7 Å². The molecule has 0 N–H and O–H groups in total. The van der Waals surface area contributed by atoms with Gasteiger partial charge < -0.3 is 9.46 Å². The topological polar surface area (TPSA) is 37.1 Å². The molecule has 2 atom stereocenters. The molecule has 2 aromatic carbocycles. The molecule has 0 radical (unpaired) electrons. The first-order valence-electron chi connectivity index (χ1n) is 7.10. The zero-order valence-electron chi connectivity index (χ0n) is 12.4. The minimum Gasteiger partial charge on any atom is -0.311 e. The van der Waals surface area contributed by atoms with E-state index in [1.807, 2.05) is 60.7 Å². The summed E-state index contributed by atoms with van der Waals surface area (Å²) in [6.45, 7) is 3.21. The molecule has 114 valence electrons. The van der Waals surface area contributed by atoms with E-state index in [0.717, 1.165) is 10.6 Å². The van der Waals surface area contributed by atoms with Crippen molar-refractivity contribution in [3.63, 3.8) is 0 Å². The largest absolute Gasteiger partial charge is 0.311 e. The van der Waals surface area contributed by atoms with E-state index in [1.165, 1.54) is 11.8 Å². The van der Waals surface area contributed by atoms with Gasteiger partial charge in [0.1, 0.15) is 10.8 Å². The fourth-order valence-corrected chi connectivity index (χ4v) is 7.34. The van der Waals surface area contributed by atoms with Crippen LogP contribution in [0.15, 0.2) is 60.7 Å². The molecule has 0 spiro atoms. The SMILES string of the molecule is CC(=O)N1[C@@H](P(=O)(c2ccccc2)c2ccccc2)[C@]1(C)Cl. The van der Waals surface area contributed by atoms with Gasteiger partial charge in [0.15, 0.2) is 7.14 Å². The number of nitrogens with zero attached hydrogens (tertiary/aromatic N) is 1. The van der Waals surface area contributed by atoms with Crippen LogP contribution in [0, 0.1) is 0 Å². The van der Waals surface area contributed by atoms with Crippen molar-refractivity contribution in [3.05, 3.63) is 60.7 Å². The molecule has 1 aliphatic rings. The second kappa shape index (κ2) is 5.26. The minimum absolute atomic E-state index is 0.158. The van der Waals surface area contributed by atoms with Crippen molar-refractivity contribution in [3.8, 4) is 0 Å². The first-order valence-corrected chi connectivity index (χ1v) is 9.25. The molecule has 1 saturated heterocycles. The predicted octanol–water partition coefficient (Wildman–Crippen LogP) is 3.14. The van der Waals surface area contributed by atoms with Crippen molar-refractivity contribution in [2.75, 3.05) is 0 Å². The maximum absolute atomic E-state index is 14.0. The van der Waals surface area contributed by atoms with Gasteiger partial charge in [0, 0.05) is 17.5 Å². The zero-order valence-corrected chi connectivity index (χ0v) is 14.1. The van der Waals surface area contributed by atoms with Crippen LogP contribution in [0.1, 0.15) is 13.8 Å². The number of carbonyl (C=O) groups is 1. The molecular formula is C17H17ClNO2P. The lowest BCUT2D eigenvalue weighted by Gasteiger charge is -2.19. The molecule has 22 heavy (non-hydrogen) atoms. The Morgan fingerprint density at radius 2 is 1.45 bits per heavy atom. The lowest BCUT2D eigenvalue weighted by Crippen LogP contribution is -2.23. The number of benzene rings is 2. The summed E-state index contributed by atoms with van der Waals surface area (Å²) in [6.07, 6.45) is 0. The van der Waals surface area contributed by atoms with Crippen LogP contribution in [0.2, 0.25) is 0 Å². The van der Waals surface area contributed by atoms with Crippen molar-refractivity contribution in [2.24, 2.45) is 0 Å². The van der Waals surface area contributed by atoms with Gasteiger partial charge in [-0.3, -0.25) is 4.79 Å².